The molecule has 0 saturated carbocycles. The molecule has 108 valence electrons. The first-order chi connectivity index (χ1) is 9.11. The number of nitrogens with zero attached hydrogens (tertiary/aromatic N) is 3. The lowest BCUT2D eigenvalue weighted by Crippen LogP contribution is -2.37. The second-order valence-electron chi connectivity index (χ2n) is 4.12. The number of carbonyl (C=O) groups excluding carboxylic acids is 1. The Balaban J connectivity index is 0.00000200. The summed E-state index contributed by atoms with van der Waals surface area (Å²) < 4.78 is 0. The van der Waals surface area contributed by atoms with Gasteiger partial charge in [0.25, 0.3) is 5.91 Å². The van der Waals surface area contributed by atoms with Crippen LogP contribution < -0.4 is 11.1 Å². The highest BCUT2D eigenvalue weighted by Crippen LogP contribution is 2.24. The molecule has 3 N–H and O–H groups in total. The smallest absolute Gasteiger partial charge is 0.263 e. The average molecular weight is 314 g/mol. The van der Waals surface area contributed by atoms with Gasteiger partial charge in [-0.15, -0.1) is 23.7 Å². The van der Waals surface area contributed by atoms with E-state index >= 15 is 0 Å². The van der Waals surface area contributed by atoms with Crippen molar-refractivity contribution in [2.45, 2.75) is 19.9 Å². The maximum atomic E-state index is 12.0. The molecule has 0 aliphatic carbocycles. The largest absolute Gasteiger partial charge is 0.348 e. The SMILES string of the molecule is Cc1nc(-c2ncccn2)sc1C(=O)N[C@@H](C)CN.Cl. The molecule has 20 heavy (non-hydrogen) atoms. The number of hydrogen-bond acceptors (Lipinski definition) is 6. The third-order valence-electron chi connectivity index (χ3n) is 2.49. The first kappa shape index (κ1) is 16.5. The van der Waals surface area contributed by atoms with Crippen molar-refractivity contribution in [2.75, 3.05) is 6.54 Å². The third-order valence-corrected chi connectivity index (χ3v) is 3.64. The molecule has 2 aromatic heterocycles. The molecule has 2 aromatic rings. The van der Waals surface area contributed by atoms with Crippen LogP contribution in [0.2, 0.25) is 0 Å². The van der Waals surface area contributed by atoms with Gasteiger partial charge in [0.2, 0.25) is 0 Å². The molecule has 0 saturated heterocycles. The Morgan fingerprint density at radius 3 is 2.70 bits per heavy atom. The van der Waals surface area contributed by atoms with Crippen LogP contribution in [0.5, 0.6) is 0 Å². The first-order valence-electron chi connectivity index (χ1n) is 5.87. The molecule has 0 aromatic carbocycles. The number of rotatable bonds is 4. The van der Waals surface area contributed by atoms with Gasteiger partial charge in [-0.25, -0.2) is 15.0 Å². The molecule has 2 rings (SSSR count). The van der Waals surface area contributed by atoms with E-state index in [4.69, 9.17) is 5.73 Å². The van der Waals surface area contributed by atoms with E-state index < -0.39 is 0 Å². The van der Waals surface area contributed by atoms with Crippen molar-refractivity contribution in [1.82, 2.24) is 20.3 Å². The van der Waals surface area contributed by atoms with E-state index in [9.17, 15) is 4.79 Å². The number of nitrogens with two attached hydrogens (primary N) is 1. The van der Waals surface area contributed by atoms with E-state index in [1.807, 2.05) is 6.92 Å². The van der Waals surface area contributed by atoms with Crippen LogP contribution >= 0.6 is 23.7 Å². The molecule has 2 heterocycles. The Hall–Kier alpha value is -1.57. The van der Waals surface area contributed by atoms with Gasteiger partial charge in [-0.2, -0.15) is 0 Å². The van der Waals surface area contributed by atoms with Crippen molar-refractivity contribution in [3.8, 4) is 10.8 Å². The molecule has 8 heteroatoms. The fourth-order valence-electron chi connectivity index (χ4n) is 1.46. The van der Waals surface area contributed by atoms with E-state index in [1.165, 1.54) is 11.3 Å². The number of aryl methyl sites for hydroxylation is 1. The molecule has 0 spiro atoms. The summed E-state index contributed by atoms with van der Waals surface area (Å²) >= 11 is 1.28. The van der Waals surface area contributed by atoms with E-state index in [1.54, 1.807) is 25.4 Å². The summed E-state index contributed by atoms with van der Waals surface area (Å²) in [5.41, 5.74) is 6.16. The van der Waals surface area contributed by atoms with Crippen LogP contribution in [0, 0.1) is 6.92 Å². The second kappa shape index (κ2) is 7.28. The summed E-state index contributed by atoms with van der Waals surface area (Å²) in [4.78, 5) is 25.2. The molecule has 0 unspecified atom stereocenters. The highest BCUT2D eigenvalue weighted by Gasteiger charge is 2.18. The standard InChI is InChI=1S/C12H15N5OS.ClH/c1-7(6-13)16-11(18)9-8(2)17-12(19-9)10-14-4-3-5-15-10;/h3-5,7H,6,13H2,1-2H3,(H,16,18);1H/t7-;/m0./s1. The highest BCUT2D eigenvalue weighted by molar-refractivity contribution is 7.17. The molecular formula is C12H16ClN5OS. The summed E-state index contributed by atoms with van der Waals surface area (Å²) in [5, 5.41) is 3.46. The quantitative estimate of drug-likeness (QED) is 0.890. The van der Waals surface area contributed by atoms with Crippen LogP contribution in [0.25, 0.3) is 10.8 Å². The van der Waals surface area contributed by atoms with E-state index in [0.717, 1.165) is 0 Å². The van der Waals surface area contributed by atoms with Gasteiger partial charge in [0, 0.05) is 25.0 Å². The Morgan fingerprint density at radius 1 is 1.45 bits per heavy atom. The molecule has 0 aliphatic heterocycles. The Labute approximate surface area is 127 Å². The Kier molecular flexibility index (Phi) is 6.00. The van der Waals surface area contributed by atoms with Crippen LogP contribution in [0.3, 0.4) is 0 Å². The number of halogens is 1. The highest BCUT2D eigenvalue weighted by atomic mass is 35.5. The summed E-state index contributed by atoms with van der Waals surface area (Å²) in [5.74, 6) is 0.372. The number of carbonyl (C=O) groups is 1. The lowest BCUT2D eigenvalue weighted by molar-refractivity contribution is 0.0944. The minimum Gasteiger partial charge on any atom is -0.348 e. The maximum absolute atomic E-state index is 12.0. The van der Waals surface area contributed by atoms with Crippen LogP contribution in [-0.4, -0.2) is 33.4 Å². The van der Waals surface area contributed by atoms with E-state index in [2.05, 4.69) is 20.3 Å². The van der Waals surface area contributed by atoms with Crippen LogP contribution in [-0.2, 0) is 0 Å². The molecule has 0 fully saturated rings. The van der Waals surface area contributed by atoms with Gasteiger partial charge in [-0.05, 0) is 19.9 Å². The van der Waals surface area contributed by atoms with Gasteiger partial charge >= 0.3 is 0 Å². The lowest BCUT2D eigenvalue weighted by atomic mass is 10.3. The van der Waals surface area contributed by atoms with Crippen molar-refractivity contribution < 1.29 is 4.79 Å². The van der Waals surface area contributed by atoms with Gasteiger partial charge in [0.1, 0.15) is 4.88 Å². The fourth-order valence-corrected chi connectivity index (χ4v) is 2.38. The van der Waals surface area contributed by atoms with Gasteiger partial charge in [-0.3, -0.25) is 4.79 Å². The molecule has 0 aliphatic rings. The van der Waals surface area contributed by atoms with Crippen LogP contribution in [0.4, 0.5) is 0 Å². The maximum Gasteiger partial charge on any atom is 0.263 e. The van der Waals surface area contributed by atoms with Gasteiger partial charge in [0.15, 0.2) is 10.8 Å². The number of hydrogen-bond donors (Lipinski definition) is 2. The fraction of sp³-hybridized carbons (Fsp3) is 0.333. The van der Waals surface area contributed by atoms with Crippen LogP contribution in [0.1, 0.15) is 22.3 Å². The minimum absolute atomic E-state index is 0. The average Bonchev–Trinajstić information content (AvgIpc) is 2.81. The lowest BCUT2D eigenvalue weighted by Gasteiger charge is -2.09. The van der Waals surface area contributed by atoms with Gasteiger partial charge < -0.3 is 11.1 Å². The number of aromatic nitrogens is 3. The van der Waals surface area contributed by atoms with Crippen molar-refractivity contribution >= 4 is 29.7 Å². The molecule has 6 nitrogen and oxygen atoms in total. The summed E-state index contributed by atoms with van der Waals surface area (Å²) in [6.45, 7) is 4.05. The molecule has 1 atom stereocenters. The minimum atomic E-state index is -0.157. The number of thiazole rings is 1. The molecule has 1 amide bonds. The van der Waals surface area contributed by atoms with Crippen molar-refractivity contribution in [2.24, 2.45) is 5.73 Å². The Bertz CT molecular complexity index is 574. The Morgan fingerprint density at radius 2 is 2.10 bits per heavy atom. The zero-order valence-electron chi connectivity index (χ0n) is 11.2. The predicted octanol–water partition coefficient (Wildman–Crippen LogP) is 1.41. The van der Waals surface area contributed by atoms with Gasteiger partial charge in [-0.1, -0.05) is 0 Å². The monoisotopic (exact) mass is 313 g/mol. The van der Waals surface area contributed by atoms with Crippen LogP contribution in [0.15, 0.2) is 18.5 Å². The van der Waals surface area contributed by atoms with Crippen molar-refractivity contribution in [3.05, 3.63) is 29.0 Å². The second-order valence-corrected chi connectivity index (χ2v) is 5.12. The zero-order valence-corrected chi connectivity index (χ0v) is 12.8. The first-order valence-corrected chi connectivity index (χ1v) is 6.69. The zero-order chi connectivity index (χ0) is 13.8. The van der Waals surface area contributed by atoms with E-state index in [-0.39, 0.29) is 24.4 Å². The molecule has 0 bridgehead atoms. The third kappa shape index (κ3) is 3.72. The topological polar surface area (TPSA) is 93.8 Å². The molecular weight excluding hydrogens is 298 g/mol. The number of nitrogens with one attached hydrogen (secondary N) is 1. The summed E-state index contributed by atoms with van der Waals surface area (Å²) in [6.07, 6.45) is 3.30. The van der Waals surface area contributed by atoms with E-state index in [0.29, 0.717) is 27.9 Å². The number of amides is 1. The summed E-state index contributed by atoms with van der Waals surface area (Å²) in [7, 11) is 0. The molecule has 0 radical (unpaired) electrons. The van der Waals surface area contributed by atoms with Crippen molar-refractivity contribution in [1.29, 1.82) is 0 Å². The van der Waals surface area contributed by atoms with Gasteiger partial charge in [0.05, 0.1) is 5.69 Å². The normalized spacial score (nSPS) is 11.6. The van der Waals surface area contributed by atoms with Crippen molar-refractivity contribution in [3.63, 3.8) is 0 Å². The summed E-state index contributed by atoms with van der Waals surface area (Å²) in [6, 6.07) is 1.67. The predicted molar refractivity (Wildman–Crippen MR) is 81.1 cm³/mol.